The van der Waals surface area contributed by atoms with Crippen molar-refractivity contribution in [1.82, 2.24) is 4.90 Å². The van der Waals surface area contributed by atoms with E-state index in [0.717, 1.165) is 43.1 Å². The van der Waals surface area contributed by atoms with Crippen LogP contribution in [0.4, 0.5) is 0 Å². The first kappa shape index (κ1) is 19.0. The van der Waals surface area contributed by atoms with Crippen LogP contribution in [-0.4, -0.2) is 44.7 Å². The highest BCUT2D eigenvalue weighted by Gasteiger charge is 2.48. The Hall–Kier alpha value is -2.31. The third-order valence-corrected chi connectivity index (χ3v) is 6.87. The maximum atomic E-state index is 12.4. The van der Waals surface area contributed by atoms with E-state index in [2.05, 4.69) is 30.2 Å². The Labute approximate surface area is 169 Å². The molecule has 2 aliphatic rings. The molecule has 1 aliphatic carbocycles. The first-order valence-electron chi connectivity index (χ1n) is 9.46. The Morgan fingerprint density at radius 1 is 1.18 bits per heavy atom. The van der Waals surface area contributed by atoms with Crippen molar-refractivity contribution in [3.63, 3.8) is 0 Å². The van der Waals surface area contributed by atoms with Crippen molar-refractivity contribution in [2.24, 2.45) is 0 Å². The standard InChI is InChI=1S/C22H25NO4S/c1-23-11-10-22(15-6-7-17(25-2)18(13-15)26-3)9-8-16(14-20(22)23)27-21(24)19-5-4-12-28-19/h4-7,12-14,20H,8-11H2,1-3H3/t20-,22-/m0/s1. The number of rotatable bonds is 5. The summed E-state index contributed by atoms with van der Waals surface area (Å²) in [6.07, 6.45) is 4.88. The third kappa shape index (κ3) is 3.20. The van der Waals surface area contributed by atoms with Gasteiger partial charge < -0.3 is 14.2 Å². The van der Waals surface area contributed by atoms with Gasteiger partial charge in [0.05, 0.1) is 14.2 Å². The van der Waals surface area contributed by atoms with Gasteiger partial charge in [-0.15, -0.1) is 11.3 Å². The molecular weight excluding hydrogens is 374 g/mol. The van der Waals surface area contributed by atoms with Crippen molar-refractivity contribution in [1.29, 1.82) is 0 Å². The van der Waals surface area contributed by atoms with E-state index < -0.39 is 0 Å². The molecule has 4 rings (SSSR count). The highest BCUT2D eigenvalue weighted by molar-refractivity contribution is 7.11. The van der Waals surface area contributed by atoms with Gasteiger partial charge in [-0.1, -0.05) is 12.1 Å². The maximum Gasteiger partial charge on any atom is 0.353 e. The van der Waals surface area contributed by atoms with Crippen LogP contribution < -0.4 is 9.47 Å². The molecule has 148 valence electrons. The number of likely N-dealkylation sites (N-methyl/N-ethyl adjacent to an activating group) is 1. The molecule has 0 saturated carbocycles. The minimum absolute atomic E-state index is 0.00680. The van der Waals surface area contributed by atoms with E-state index in [1.54, 1.807) is 20.3 Å². The van der Waals surface area contributed by atoms with Crippen LogP contribution in [0.2, 0.25) is 0 Å². The predicted molar refractivity (Wildman–Crippen MR) is 109 cm³/mol. The molecule has 0 amide bonds. The van der Waals surface area contributed by atoms with E-state index in [1.807, 2.05) is 17.5 Å². The lowest BCUT2D eigenvalue weighted by Crippen LogP contribution is -2.42. The molecule has 28 heavy (non-hydrogen) atoms. The second-order valence-electron chi connectivity index (χ2n) is 7.40. The van der Waals surface area contributed by atoms with E-state index in [1.165, 1.54) is 16.9 Å². The highest BCUT2D eigenvalue weighted by Crippen LogP contribution is 2.49. The average Bonchev–Trinajstić information content (AvgIpc) is 3.37. The van der Waals surface area contributed by atoms with Crippen molar-refractivity contribution in [2.75, 3.05) is 27.8 Å². The lowest BCUT2D eigenvalue weighted by molar-refractivity contribution is 0.0598. The second-order valence-corrected chi connectivity index (χ2v) is 8.35. The fraction of sp³-hybridized carbons (Fsp3) is 0.409. The largest absolute Gasteiger partial charge is 0.493 e. The van der Waals surface area contributed by atoms with Crippen LogP contribution in [0.15, 0.2) is 47.5 Å². The van der Waals surface area contributed by atoms with Gasteiger partial charge in [0.15, 0.2) is 11.5 Å². The number of likely N-dealkylation sites (tertiary alicyclic amines) is 1. The van der Waals surface area contributed by atoms with Crippen LogP contribution in [0.1, 0.15) is 34.5 Å². The smallest absolute Gasteiger partial charge is 0.353 e. The molecule has 0 N–H and O–H groups in total. The molecule has 2 heterocycles. The number of methoxy groups -OCH3 is 2. The molecule has 0 unspecified atom stereocenters. The Morgan fingerprint density at radius 2 is 2.00 bits per heavy atom. The monoisotopic (exact) mass is 399 g/mol. The molecule has 1 aromatic heterocycles. The summed E-state index contributed by atoms with van der Waals surface area (Å²) in [6, 6.07) is 10.1. The number of fused-ring (bicyclic) bond motifs is 1. The van der Waals surface area contributed by atoms with Gasteiger partial charge in [0.1, 0.15) is 10.6 Å². The average molecular weight is 400 g/mol. The van der Waals surface area contributed by atoms with Gasteiger partial charge in [0.2, 0.25) is 0 Å². The molecule has 1 aromatic carbocycles. The highest BCUT2D eigenvalue weighted by atomic mass is 32.1. The second kappa shape index (κ2) is 7.60. The van der Waals surface area contributed by atoms with Gasteiger partial charge in [0, 0.05) is 17.9 Å². The van der Waals surface area contributed by atoms with Gasteiger partial charge in [0.25, 0.3) is 0 Å². The minimum atomic E-state index is -0.263. The number of thiophene rings is 1. The van der Waals surface area contributed by atoms with Crippen molar-refractivity contribution < 1.29 is 19.0 Å². The zero-order chi connectivity index (χ0) is 19.7. The minimum Gasteiger partial charge on any atom is -0.493 e. The van der Waals surface area contributed by atoms with E-state index in [9.17, 15) is 4.79 Å². The summed E-state index contributed by atoms with van der Waals surface area (Å²) < 4.78 is 16.6. The molecule has 0 bridgehead atoms. The van der Waals surface area contributed by atoms with Crippen molar-refractivity contribution in [3.05, 3.63) is 58.0 Å². The number of esters is 1. The molecule has 0 radical (unpaired) electrons. The van der Waals surface area contributed by atoms with Crippen LogP contribution >= 0.6 is 11.3 Å². The summed E-state index contributed by atoms with van der Waals surface area (Å²) in [5.41, 5.74) is 1.24. The Balaban J connectivity index is 1.64. The van der Waals surface area contributed by atoms with Crippen molar-refractivity contribution >= 4 is 17.3 Å². The normalized spacial score (nSPS) is 24.4. The summed E-state index contributed by atoms with van der Waals surface area (Å²) in [5.74, 6) is 2.00. The van der Waals surface area contributed by atoms with E-state index in [-0.39, 0.29) is 17.4 Å². The zero-order valence-corrected chi connectivity index (χ0v) is 17.3. The molecule has 0 spiro atoms. The zero-order valence-electron chi connectivity index (χ0n) is 16.4. The fourth-order valence-corrected chi connectivity index (χ4v) is 5.10. The number of carbonyl (C=O) groups is 1. The van der Waals surface area contributed by atoms with Gasteiger partial charge in [-0.3, -0.25) is 4.90 Å². The maximum absolute atomic E-state index is 12.4. The molecular formula is C22H25NO4S. The van der Waals surface area contributed by atoms with Crippen LogP contribution in [0.5, 0.6) is 11.5 Å². The van der Waals surface area contributed by atoms with Gasteiger partial charge >= 0.3 is 5.97 Å². The number of nitrogens with zero attached hydrogens (tertiary/aromatic N) is 1. The van der Waals surface area contributed by atoms with Crippen LogP contribution in [0.25, 0.3) is 0 Å². The summed E-state index contributed by atoms with van der Waals surface area (Å²) >= 11 is 1.41. The summed E-state index contributed by atoms with van der Waals surface area (Å²) in [6.45, 7) is 1.00. The molecule has 1 saturated heterocycles. The van der Waals surface area contributed by atoms with Gasteiger partial charge in [-0.25, -0.2) is 4.79 Å². The fourth-order valence-electron chi connectivity index (χ4n) is 4.50. The summed E-state index contributed by atoms with van der Waals surface area (Å²) in [7, 11) is 5.45. The topological polar surface area (TPSA) is 48.0 Å². The lowest BCUT2D eigenvalue weighted by Gasteiger charge is -2.40. The van der Waals surface area contributed by atoms with Crippen LogP contribution in [0, 0.1) is 0 Å². The summed E-state index contributed by atoms with van der Waals surface area (Å²) in [4.78, 5) is 15.3. The van der Waals surface area contributed by atoms with E-state index in [0.29, 0.717) is 4.88 Å². The van der Waals surface area contributed by atoms with Crippen LogP contribution in [-0.2, 0) is 10.2 Å². The molecule has 5 nitrogen and oxygen atoms in total. The lowest BCUT2D eigenvalue weighted by atomic mass is 9.68. The molecule has 1 fully saturated rings. The Morgan fingerprint density at radius 3 is 2.71 bits per heavy atom. The first-order valence-corrected chi connectivity index (χ1v) is 10.3. The van der Waals surface area contributed by atoms with Crippen LogP contribution in [0.3, 0.4) is 0 Å². The number of ether oxygens (including phenoxy) is 3. The third-order valence-electron chi connectivity index (χ3n) is 6.02. The SMILES string of the molecule is COc1ccc([C@@]23CCC(OC(=O)c4cccs4)=C[C@@H]2N(C)CC3)cc1OC. The van der Waals surface area contributed by atoms with Gasteiger partial charge in [-0.2, -0.15) is 0 Å². The first-order chi connectivity index (χ1) is 13.6. The number of benzene rings is 1. The Kier molecular flexibility index (Phi) is 5.17. The quantitative estimate of drug-likeness (QED) is 0.704. The Bertz CT molecular complexity index is 892. The van der Waals surface area contributed by atoms with E-state index in [4.69, 9.17) is 14.2 Å². The van der Waals surface area contributed by atoms with Gasteiger partial charge in [-0.05, 0) is 61.7 Å². The van der Waals surface area contributed by atoms with Crippen molar-refractivity contribution in [3.8, 4) is 11.5 Å². The predicted octanol–water partition coefficient (Wildman–Crippen LogP) is 4.24. The van der Waals surface area contributed by atoms with Crippen molar-refractivity contribution in [2.45, 2.75) is 30.7 Å². The number of allylic oxidation sites excluding steroid dienone is 1. The molecule has 1 aliphatic heterocycles. The molecule has 6 heteroatoms. The van der Waals surface area contributed by atoms with E-state index >= 15 is 0 Å². The molecule has 2 aromatic rings. The molecule has 2 atom stereocenters. The number of hydrogen-bond acceptors (Lipinski definition) is 6. The summed E-state index contributed by atoms with van der Waals surface area (Å²) in [5, 5.41) is 1.89. The number of hydrogen-bond donors (Lipinski definition) is 0. The number of carbonyl (C=O) groups excluding carboxylic acids is 1.